The monoisotopic (exact) mass is 156 g/mol. The minimum absolute atomic E-state index is 0.0405. The predicted octanol–water partition coefficient (Wildman–Crippen LogP) is 3.08. The summed E-state index contributed by atoms with van der Waals surface area (Å²) >= 11 is 0. The van der Waals surface area contributed by atoms with Gasteiger partial charge in [0.15, 0.2) is 0 Å². The second kappa shape index (κ2) is 3.18. The summed E-state index contributed by atoms with van der Waals surface area (Å²) in [5.74, 6) is 0. The van der Waals surface area contributed by atoms with E-state index in [1.54, 1.807) is 0 Å². The average Bonchev–Trinajstić information content (AvgIpc) is 1.56. The molecule has 0 aromatic rings. The molecular formula is C9H21BO. The van der Waals surface area contributed by atoms with Gasteiger partial charge in [0.1, 0.15) is 0 Å². The molecule has 0 heterocycles. The van der Waals surface area contributed by atoms with Crippen LogP contribution in [0, 0.1) is 5.41 Å². The maximum atomic E-state index is 5.80. The first-order valence-corrected chi connectivity index (χ1v) is 4.34. The first-order chi connectivity index (χ1) is 4.67. The summed E-state index contributed by atoms with van der Waals surface area (Å²) < 4.78 is 5.80. The number of hydrogen-bond acceptors (Lipinski definition) is 1. The molecule has 2 heteroatoms. The zero-order chi connectivity index (χ0) is 9.28. The third-order valence-corrected chi connectivity index (χ3v) is 2.34. The van der Waals surface area contributed by atoms with Crippen molar-refractivity contribution < 1.29 is 4.65 Å². The van der Waals surface area contributed by atoms with Gasteiger partial charge in [-0.3, -0.25) is 0 Å². The Bertz CT molecular complexity index is 122. The van der Waals surface area contributed by atoms with Crippen molar-refractivity contribution in [2.75, 3.05) is 0 Å². The first kappa shape index (κ1) is 11.0. The summed E-state index contributed by atoms with van der Waals surface area (Å²) in [5.41, 5.74) is 0.165. The maximum absolute atomic E-state index is 5.80. The highest BCUT2D eigenvalue weighted by atomic mass is 16.5. The van der Waals surface area contributed by atoms with E-state index < -0.39 is 0 Å². The first-order valence-electron chi connectivity index (χ1n) is 4.34. The highest BCUT2D eigenvalue weighted by Crippen LogP contribution is 2.33. The van der Waals surface area contributed by atoms with Crippen LogP contribution < -0.4 is 0 Å². The van der Waals surface area contributed by atoms with Gasteiger partial charge in [0, 0.05) is 0 Å². The van der Waals surface area contributed by atoms with Crippen molar-refractivity contribution in [2.24, 2.45) is 5.41 Å². The fraction of sp³-hybridized carbons (Fsp3) is 1.00. The fourth-order valence-corrected chi connectivity index (χ4v) is 0.766. The van der Waals surface area contributed by atoms with Crippen LogP contribution in [0.3, 0.4) is 0 Å². The molecular weight excluding hydrogens is 135 g/mol. The lowest BCUT2D eigenvalue weighted by atomic mass is 9.70. The molecule has 0 N–H and O–H groups in total. The summed E-state index contributed by atoms with van der Waals surface area (Å²) in [6.07, 6.45) is 0. The molecule has 0 aliphatic heterocycles. The standard InChI is InChI=1S/C9H21BO/c1-8(2,3)9(4,5)11-10(6)7/h1-7H3. The van der Waals surface area contributed by atoms with E-state index in [4.69, 9.17) is 4.65 Å². The zero-order valence-electron chi connectivity index (χ0n) is 8.99. The molecule has 0 amide bonds. The Morgan fingerprint density at radius 1 is 0.909 bits per heavy atom. The van der Waals surface area contributed by atoms with E-state index in [1.807, 2.05) is 0 Å². The van der Waals surface area contributed by atoms with Gasteiger partial charge in [0.2, 0.25) is 0 Å². The fourth-order valence-electron chi connectivity index (χ4n) is 0.766. The summed E-state index contributed by atoms with van der Waals surface area (Å²) in [7, 11) is 0. The molecule has 1 nitrogen and oxygen atoms in total. The predicted molar refractivity (Wildman–Crippen MR) is 52.1 cm³/mol. The normalized spacial score (nSPS) is 13.4. The van der Waals surface area contributed by atoms with Gasteiger partial charge in [0.05, 0.1) is 5.60 Å². The van der Waals surface area contributed by atoms with Gasteiger partial charge in [-0.25, -0.2) is 0 Å². The van der Waals surface area contributed by atoms with Crippen LogP contribution in [0.2, 0.25) is 13.6 Å². The summed E-state index contributed by atoms with van der Waals surface area (Å²) in [6.45, 7) is 15.4. The lowest BCUT2D eigenvalue weighted by Gasteiger charge is -2.40. The molecule has 0 aromatic carbocycles. The highest BCUT2D eigenvalue weighted by Gasteiger charge is 2.34. The maximum Gasteiger partial charge on any atom is 0.287 e. The molecule has 0 saturated carbocycles. The molecule has 0 saturated heterocycles. The average molecular weight is 156 g/mol. The van der Waals surface area contributed by atoms with Crippen molar-refractivity contribution in [2.45, 2.75) is 53.9 Å². The van der Waals surface area contributed by atoms with E-state index in [9.17, 15) is 0 Å². The lowest BCUT2D eigenvalue weighted by Crippen LogP contribution is -2.42. The van der Waals surface area contributed by atoms with Crippen LogP contribution in [0.4, 0.5) is 0 Å². The van der Waals surface area contributed by atoms with Crippen molar-refractivity contribution in [1.82, 2.24) is 0 Å². The van der Waals surface area contributed by atoms with Crippen molar-refractivity contribution >= 4 is 6.92 Å². The third kappa shape index (κ3) is 3.28. The summed E-state index contributed by atoms with van der Waals surface area (Å²) in [5, 5.41) is 0. The Morgan fingerprint density at radius 3 is 1.36 bits per heavy atom. The smallest absolute Gasteiger partial charge is 0.287 e. The van der Waals surface area contributed by atoms with Crippen LogP contribution in [0.1, 0.15) is 34.6 Å². The highest BCUT2D eigenvalue weighted by molar-refractivity contribution is 6.48. The van der Waals surface area contributed by atoms with Crippen LogP contribution in [-0.2, 0) is 4.65 Å². The molecule has 0 aromatic heterocycles. The van der Waals surface area contributed by atoms with Gasteiger partial charge in [-0.05, 0) is 19.3 Å². The molecule has 11 heavy (non-hydrogen) atoms. The van der Waals surface area contributed by atoms with Gasteiger partial charge in [-0.15, -0.1) is 0 Å². The molecule has 0 spiro atoms. The van der Waals surface area contributed by atoms with Crippen LogP contribution >= 0.6 is 0 Å². The molecule has 66 valence electrons. The number of hydrogen-bond donors (Lipinski definition) is 0. The van der Waals surface area contributed by atoms with E-state index in [2.05, 4.69) is 48.3 Å². The van der Waals surface area contributed by atoms with Crippen molar-refractivity contribution in [1.29, 1.82) is 0 Å². The van der Waals surface area contributed by atoms with Gasteiger partial charge >= 0.3 is 0 Å². The van der Waals surface area contributed by atoms with Crippen LogP contribution in [0.5, 0.6) is 0 Å². The Kier molecular flexibility index (Phi) is 3.19. The van der Waals surface area contributed by atoms with Crippen molar-refractivity contribution in [3.63, 3.8) is 0 Å². The molecule has 0 unspecified atom stereocenters. The second-order valence-electron chi connectivity index (χ2n) is 4.93. The Balaban J connectivity index is 4.22. The van der Waals surface area contributed by atoms with Crippen molar-refractivity contribution in [3.8, 4) is 0 Å². The minimum Gasteiger partial charge on any atom is -0.431 e. The van der Waals surface area contributed by atoms with Crippen LogP contribution in [-0.4, -0.2) is 12.5 Å². The van der Waals surface area contributed by atoms with E-state index >= 15 is 0 Å². The summed E-state index contributed by atoms with van der Waals surface area (Å²) in [4.78, 5) is 0. The summed E-state index contributed by atoms with van der Waals surface area (Å²) in [6, 6.07) is 0. The SMILES string of the molecule is CB(C)OC(C)(C)C(C)(C)C. The zero-order valence-corrected chi connectivity index (χ0v) is 8.99. The van der Waals surface area contributed by atoms with Crippen LogP contribution in [0.25, 0.3) is 0 Å². The lowest BCUT2D eigenvalue weighted by molar-refractivity contribution is -0.000826. The molecule has 0 atom stereocenters. The molecule has 0 aliphatic rings. The topological polar surface area (TPSA) is 9.23 Å². The third-order valence-electron chi connectivity index (χ3n) is 2.34. The Labute approximate surface area is 71.6 Å². The number of rotatable bonds is 2. The van der Waals surface area contributed by atoms with Crippen molar-refractivity contribution in [3.05, 3.63) is 0 Å². The quantitative estimate of drug-likeness (QED) is 0.558. The second-order valence-corrected chi connectivity index (χ2v) is 4.93. The van der Waals surface area contributed by atoms with E-state index in [-0.39, 0.29) is 11.0 Å². The molecule has 0 bridgehead atoms. The molecule has 0 aliphatic carbocycles. The van der Waals surface area contributed by atoms with E-state index in [1.165, 1.54) is 0 Å². The largest absolute Gasteiger partial charge is 0.431 e. The molecule has 0 rings (SSSR count). The van der Waals surface area contributed by atoms with E-state index in [0.29, 0.717) is 6.92 Å². The van der Waals surface area contributed by atoms with Gasteiger partial charge in [-0.2, -0.15) is 0 Å². The van der Waals surface area contributed by atoms with Gasteiger partial charge in [-0.1, -0.05) is 34.4 Å². The van der Waals surface area contributed by atoms with E-state index in [0.717, 1.165) is 0 Å². The van der Waals surface area contributed by atoms with Gasteiger partial charge < -0.3 is 4.65 Å². The Hall–Kier alpha value is 0.0249. The Morgan fingerprint density at radius 2 is 1.27 bits per heavy atom. The molecule has 0 fully saturated rings. The minimum atomic E-state index is -0.0405. The van der Waals surface area contributed by atoms with Crippen LogP contribution in [0.15, 0.2) is 0 Å². The van der Waals surface area contributed by atoms with Gasteiger partial charge in [0.25, 0.3) is 6.92 Å². The molecule has 0 radical (unpaired) electrons.